The van der Waals surface area contributed by atoms with Crippen molar-refractivity contribution in [2.45, 2.75) is 13.1 Å². The molecule has 0 spiro atoms. The lowest BCUT2D eigenvalue weighted by molar-refractivity contribution is 0.318. The van der Waals surface area contributed by atoms with Crippen LogP contribution < -0.4 is 0 Å². The van der Waals surface area contributed by atoms with Crippen LogP contribution >= 0.6 is 0 Å². The van der Waals surface area contributed by atoms with Crippen molar-refractivity contribution < 1.29 is 0 Å². The molecule has 0 fully saturated rings. The van der Waals surface area contributed by atoms with E-state index >= 15 is 0 Å². The first-order chi connectivity index (χ1) is 9.31. The van der Waals surface area contributed by atoms with Gasteiger partial charge in [0.15, 0.2) is 0 Å². The van der Waals surface area contributed by atoms with E-state index in [4.69, 9.17) is 0 Å². The molecular formula is C13H14N6. The number of aromatic amines is 1. The summed E-state index contributed by atoms with van der Waals surface area (Å²) in [6, 6.07) is 8.09. The lowest BCUT2D eigenvalue weighted by Gasteiger charge is -2.16. The summed E-state index contributed by atoms with van der Waals surface area (Å²) in [5.74, 6) is 0. The standard InChI is InChI=1S/C13H14N6/c1-19(9-11-4-5-14-15-7-11)8-10-2-3-12-13(6-10)17-18-16-12/h2-7H,8-9H2,1H3,(H,16,17,18). The van der Waals surface area contributed by atoms with Crippen LogP contribution in [0.4, 0.5) is 0 Å². The van der Waals surface area contributed by atoms with E-state index in [-0.39, 0.29) is 0 Å². The molecule has 0 amide bonds. The van der Waals surface area contributed by atoms with Crippen molar-refractivity contribution in [2.24, 2.45) is 0 Å². The molecule has 0 saturated heterocycles. The van der Waals surface area contributed by atoms with E-state index in [9.17, 15) is 0 Å². The largest absolute Gasteiger partial charge is 0.298 e. The van der Waals surface area contributed by atoms with E-state index in [0.717, 1.165) is 29.7 Å². The van der Waals surface area contributed by atoms with Gasteiger partial charge in [0.2, 0.25) is 0 Å². The molecule has 0 aliphatic rings. The van der Waals surface area contributed by atoms with Gasteiger partial charge in [-0.1, -0.05) is 6.07 Å². The van der Waals surface area contributed by atoms with Crippen molar-refractivity contribution in [3.8, 4) is 0 Å². The molecule has 6 nitrogen and oxygen atoms in total. The van der Waals surface area contributed by atoms with Gasteiger partial charge in [-0.3, -0.25) is 4.90 Å². The van der Waals surface area contributed by atoms with Gasteiger partial charge in [0.1, 0.15) is 11.0 Å². The first-order valence-corrected chi connectivity index (χ1v) is 6.05. The fourth-order valence-corrected chi connectivity index (χ4v) is 2.08. The maximum Gasteiger partial charge on any atom is 0.113 e. The topological polar surface area (TPSA) is 70.6 Å². The fraction of sp³-hybridized carbons (Fsp3) is 0.231. The average Bonchev–Trinajstić information content (AvgIpc) is 2.87. The Balaban J connectivity index is 1.70. The summed E-state index contributed by atoms with van der Waals surface area (Å²) in [7, 11) is 2.08. The third-order valence-corrected chi connectivity index (χ3v) is 2.93. The number of benzene rings is 1. The summed E-state index contributed by atoms with van der Waals surface area (Å²) < 4.78 is 0. The lowest BCUT2D eigenvalue weighted by Crippen LogP contribution is -2.17. The highest BCUT2D eigenvalue weighted by Gasteiger charge is 2.04. The van der Waals surface area contributed by atoms with Gasteiger partial charge < -0.3 is 0 Å². The summed E-state index contributed by atoms with van der Waals surface area (Å²) in [6.45, 7) is 1.69. The minimum atomic E-state index is 0.840. The zero-order valence-electron chi connectivity index (χ0n) is 10.6. The van der Waals surface area contributed by atoms with Gasteiger partial charge in [0.05, 0.1) is 6.20 Å². The molecular weight excluding hydrogens is 240 g/mol. The molecule has 0 atom stereocenters. The molecule has 3 aromatic rings. The molecule has 0 aliphatic carbocycles. The fourth-order valence-electron chi connectivity index (χ4n) is 2.08. The molecule has 1 N–H and O–H groups in total. The highest BCUT2D eigenvalue weighted by atomic mass is 15.3. The molecule has 0 saturated carbocycles. The van der Waals surface area contributed by atoms with Crippen LogP contribution in [0.3, 0.4) is 0 Å². The van der Waals surface area contributed by atoms with Gasteiger partial charge in [-0.05, 0) is 36.4 Å². The number of hydrogen-bond donors (Lipinski definition) is 1. The summed E-state index contributed by atoms with van der Waals surface area (Å²) in [4.78, 5) is 2.22. The Kier molecular flexibility index (Phi) is 3.16. The molecule has 2 heterocycles. The van der Waals surface area contributed by atoms with Gasteiger partial charge in [0, 0.05) is 19.3 Å². The predicted molar refractivity (Wildman–Crippen MR) is 71.1 cm³/mol. The highest BCUT2D eigenvalue weighted by molar-refractivity contribution is 5.74. The van der Waals surface area contributed by atoms with Gasteiger partial charge in [-0.2, -0.15) is 25.6 Å². The molecule has 19 heavy (non-hydrogen) atoms. The molecule has 0 aliphatic heterocycles. The SMILES string of the molecule is CN(Cc1ccnnc1)Cc1ccc2n[nH]nc2c1. The maximum atomic E-state index is 4.10. The normalized spacial score (nSPS) is 11.3. The van der Waals surface area contributed by atoms with Crippen LogP contribution in [0.15, 0.2) is 36.7 Å². The number of rotatable bonds is 4. The Labute approximate surface area is 110 Å². The second-order valence-corrected chi connectivity index (χ2v) is 4.57. The van der Waals surface area contributed by atoms with Gasteiger partial charge in [0.25, 0.3) is 0 Å². The van der Waals surface area contributed by atoms with Crippen molar-refractivity contribution in [1.82, 2.24) is 30.5 Å². The third kappa shape index (κ3) is 2.74. The first kappa shape index (κ1) is 11.7. The zero-order valence-corrected chi connectivity index (χ0v) is 10.6. The molecule has 3 rings (SSSR count). The quantitative estimate of drug-likeness (QED) is 0.761. The van der Waals surface area contributed by atoms with E-state index in [1.807, 2.05) is 12.1 Å². The number of fused-ring (bicyclic) bond motifs is 1. The number of hydrogen-bond acceptors (Lipinski definition) is 5. The Hall–Kier alpha value is -2.34. The van der Waals surface area contributed by atoms with Crippen molar-refractivity contribution in [1.29, 1.82) is 0 Å². The van der Waals surface area contributed by atoms with Crippen LogP contribution in [-0.4, -0.2) is 37.6 Å². The van der Waals surface area contributed by atoms with Gasteiger partial charge >= 0.3 is 0 Å². The van der Waals surface area contributed by atoms with Crippen LogP contribution in [0.5, 0.6) is 0 Å². The van der Waals surface area contributed by atoms with Crippen LogP contribution in [0, 0.1) is 0 Å². The van der Waals surface area contributed by atoms with Crippen molar-refractivity contribution in [3.05, 3.63) is 47.8 Å². The minimum Gasteiger partial charge on any atom is -0.298 e. The molecule has 1 aromatic carbocycles. The van der Waals surface area contributed by atoms with E-state index in [2.05, 4.69) is 49.7 Å². The minimum absolute atomic E-state index is 0.840. The average molecular weight is 254 g/mol. The molecule has 6 heteroatoms. The first-order valence-electron chi connectivity index (χ1n) is 6.05. The second-order valence-electron chi connectivity index (χ2n) is 4.57. The molecule has 96 valence electrons. The van der Waals surface area contributed by atoms with Crippen LogP contribution in [-0.2, 0) is 13.1 Å². The molecule has 2 aromatic heterocycles. The number of nitrogens with zero attached hydrogens (tertiary/aromatic N) is 5. The van der Waals surface area contributed by atoms with Crippen molar-refractivity contribution in [2.75, 3.05) is 7.05 Å². The second kappa shape index (κ2) is 5.11. The molecule has 0 unspecified atom stereocenters. The zero-order chi connectivity index (χ0) is 13.1. The smallest absolute Gasteiger partial charge is 0.113 e. The Morgan fingerprint density at radius 1 is 1.00 bits per heavy atom. The van der Waals surface area contributed by atoms with Gasteiger partial charge in [-0.25, -0.2) is 0 Å². The Morgan fingerprint density at radius 3 is 2.68 bits per heavy atom. The van der Waals surface area contributed by atoms with E-state index in [0.29, 0.717) is 0 Å². The van der Waals surface area contributed by atoms with Crippen molar-refractivity contribution >= 4 is 11.0 Å². The maximum absolute atomic E-state index is 4.10. The monoisotopic (exact) mass is 254 g/mol. The van der Waals surface area contributed by atoms with E-state index in [1.54, 1.807) is 12.4 Å². The number of nitrogens with one attached hydrogen (secondary N) is 1. The molecule has 0 bridgehead atoms. The summed E-state index contributed by atoms with van der Waals surface area (Å²) in [5.41, 5.74) is 4.16. The van der Waals surface area contributed by atoms with Crippen LogP contribution in [0.1, 0.15) is 11.1 Å². The van der Waals surface area contributed by atoms with Crippen molar-refractivity contribution in [3.63, 3.8) is 0 Å². The Bertz CT molecular complexity index is 663. The summed E-state index contributed by atoms with van der Waals surface area (Å²) >= 11 is 0. The number of aromatic nitrogens is 5. The number of H-pyrrole nitrogens is 1. The Morgan fingerprint density at radius 2 is 1.84 bits per heavy atom. The van der Waals surface area contributed by atoms with E-state index in [1.165, 1.54) is 5.56 Å². The van der Waals surface area contributed by atoms with Gasteiger partial charge in [-0.15, -0.1) is 0 Å². The van der Waals surface area contributed by atoms with Crippen LogP contribution in [0.25, 0.3) is 11.0 Å². The third-order valence-electron chi connectivity index (χ3n) is 2.93. The predicted octanol–water partition coefficient (Wildman–Crippen LogP) is 1.38. The highest BCUT2D eigenvalue weighted by Crippen LogP contribution is 2.13. The molecule has 0 radical (unpaired) electrons. The summed E-state index contributed by atoms with van der Waals surface area (Å²) in [5, 5.41) is 18.4. The lowest BCUT2D eigenvalue weighted by atomic mass is 10.2. The summed E-state index contributed by atoms with van der Waals surface area (Å²) in [6.07, 6.45) is 3.50. The van der Waals surface area contributed by atoms with Crippen LogP contribution in [0.2, 0.25) is 0 Å². The van der Waals surface area contributed by atoms with E-state index < -0.39 is 0 Å².